The second kappa shape index (κ2) is 25.7. The van der Waals surface area contributed by atoms with Gasteiger partial charge >= 0.3 is 0 Å². The molecule has 1 aromatic rings. The minimum absolute atomic E-state index is 0.429. The van der Waals surface area contributed by atoms with E-state index in [-0.39, 0.29) is 0 Å². The van der Waals surface area contributed by atoms with Gasteiger partial charge in [0.25, 0.3) is 0 Å². The van der Waals surface area contributed by atoms with E-state index in [0.29, 0.717) is 5.41 Å². The molecule has 0 aliphatic rings. The Bertz CT molecular complexity index is 526. The van der Waals surface area contributed by atoms with Crippen molar-refractivity contribution in [1.82, 2.24) is 0 Å². The highest BCUT2D eigenvalue weighted by Crippen LogP contribution is 2.38. The molecule has 0 spiro atoms. The molecular formula is C35H66OSi. The molecule has 0 aromatic heterocycles. The second-order valence-corrected chi connectivity index (χ2v) is 13.6. The fourth-order valence-corrected chi connectivity index (χ4v) is 7.16. The van der Waals surface area contributed by atoms with Gasteiger partial charge in [0.2, 0.25) is 0 Å². The Morgan fingerprint density at radius 1 is 0.486 bits per heavy atom. The van der Waals surface area contributed by atoms with Gasteiger partial charge in [-0.3, -0.25) is 0 Å². The van der Waals surface area contributed by atoms with Crippen molar-refractivity contribution in [2.24, 2.45) is 5.41 Å². The van der Waals surface area contributed by atoms with E-state index >= 15 is 0 Å². The Labute approximate surface area is 236 Å². The van der Waals surface area contributed by atoms with Crippen LogP contribution >= 0.6 is 0 Å². The molecule has 1 aromatic carbocycles. The van der Waals surface area contributed by atoms with Crippen LogP contribution in [0.1, 0.15) is 175 Å². The van der Waals surface area contributed by atoms with Gasteiger partial charge < -0.3 is 4.43 Å². The van der Waals surface area contributed by atoms with Crippen LogP contribution in [0.5, 0.6) is 0 Å². The van der Waals surface area contributed by atoms with Crippen LogP contribution in [0.3, 0.4) is 0 Å². The molecule has 0 heterocycles. The van der Waals surface area contributed by atoms with Gasteiger partial charge in [-0.05, 0) is 29.9 Å². The van der Waals surface area contributed by atoms with E-state index in [1.165, 1.54) is 159 Å². The normalized spacial score (nSPS) is 12.2. The van der Waals surface area contributed by atoms with Crippen molar-refractivity contribution in [1.29, 1.82) is 0 Å². The topological polar surface area (TPSA) is 9.23 Å². The van der Waals surface area contributed by atoms with Gasteiger partial charge in [-0.1, -0.05) is 186 Å². The monoisotopic (exact) mass is 530 g/mol. The maximum absolute atomic E-state index is 6.65. The highest BCUT2D eigenvalue weighted by Gasteiger charge is 2.29. The summed E-state index contributed by atoms with van der Waals surface area (Å²) < 4.78 is 6.65. The number of unbranched alkanes of at least 4 members (excludes halogenated alkanes) is 18. The molecule has 0 unspecified atom stereocenters. The van der Waals surface area contributed by atoms with Crippen molar-refractivity contribution in [3.63, 3.8) is 0 Å². The average molecular weight is 531 g/mol. The first-order chi connectivity index (χ1) is 18.3. The Hall–Kier alpha value is -0.603. The highest BCUT2D eigenvalue weighted by molar-refractivity contribution is 6.46. The van der Waals surface area contributed by atoms with Crippen LogP contribution in [-0.2, 0) is 4.43 Å². The highest BCUT2D eigenvalue weighted by atomic mass is 28.2. The van der Waals surface area contributed by atoms with E-state index in [9.17, 15) is 0 Å². The standard InChI is InChI=1S/C35H66OSi/c1-4-7-10-13-16-19-25-30-35(31-26-20-17-14-11-8-5-2,32-27-21-18-15-12-9-6-3)33-36-37-34-28-23-22-24-29-34/h22-24,28-29H,4-21,25-27,30-33,37H2,1-3H3. The third-order valence-corrected chi connectivity index (χ3v) is 9.66. The lowest BCUT2D eigenvalue weighted by atomic mass is 9.74. The van der Waals surface area contributed by atoms with E-state index in [1.807, 2.05) is 0 Å². The SMILES string of the molecule is CCCCCCCCCC(CCCCCCCCC)(CCCCCCCCC)CO[SiH2]c1ccccc1. The largest absolute Gasteiger partial charge is 0.418 e. The number of hydrogen-bond acceptors (Lipinski definition) is 1. The third-order valence-electron chi connectivity index (χ3n) is 8.45. The molecule has 0 saturated heterocycles. The lowest BCUT2D eigenvalue weighted by molar-refractivity contribution is 0.105. The molecule has 0 amide bonds. The predicted octanol–water partition coefficient (Wildman–Crippen LogP) is 10.8. The molecule has 37 heavy (non-hydrogen) atoms. The number of benzene rings is 1. The summed E-state index contributed by atoms with van der Waals surface area (Å²) in [7, 11) is -0.619. The lowest BCUT2D eigenvalue weighted by Gasteiger charge is -2.35. The van der Waals surface area contributed by atoms with E-state index in [1.54, 1.807) is 0 Å². The minimum atomic E-state index is -0.619. The molecule has 2 heteroatoms. The van der Waals surface area contributed by atoms with E-state index in [0.717, 1.165) is 6.61 Å². The molecular weight excluding hydrogens is 464 g/mol. The Morgan fingerprint density at radius 2 is 0.838 bits per heavy atom. The van der Waals surface area contributed by atoms with Gasteiger partial charge in [-0.25, -0.2) is 0 Å². The zero-order chi connectivity index (χ0) is 26.7. The molecule has 1 rings (SSSR count). The number of rotatable bonds is 28. The van der Waals surface area contributed by atoms with E-state index in [2.05, 4.69) is 51.1 Å². The Kier molecular flexibility index (Phi) is 23.9. The van der Waals surface area contributed by atoms with Crippen molar-refractivity contribution in [3.8, 4) is 0 Å². The van der Waals surface area contributed by atoms with Crippen molar-refractivity contribution < 1.29 is 4.43 Å². The van der Waals surface area contributed by atoms with Crippen molar-refractivity contribution >= 4 is 14.9 Å². The third kappa shape index (κ3) is 20.0. The van der Waals surface area contributed by atoms with Crippen molar-refractivity contribution in [2.75, 3.05) is 6.61 Å². The van der Waals surface area contributed by atoms with Crippen molar-refractivity contribution in [3.05, 3.63) is 30.3 Å². The molecule has 0 fully saturated rings. The zero-order valence-corrected chi connectivity index (χ0v) is 27.1. The summed E-state index contributed by atoms with van der Waals surface area (Å²) in [6.45, 7) is 7.98. The summed E-state index contributed by atoms with van der Waals surface area (Å²) in [6.07, 6.45) is 33.9. The minimum Gasteiger partial charge on any atom is -0.418 e. The van der Waals surface area contributed by atoms with Gasteiger partial charge in [0.1, 0.15) is 0 Å². The van der Waals surface area contributed by atoms with Gasteiger partial charge in [-0.2, -0.15) is 0 Å². The van der Waals surface area contributed by atoms with Gasteiger partial charge in [-0.15, -0.1) is 0 Å². The van der Waals surface area contributed by atoms with Crippen LogP contribution in [0.2, 0.25) is 0 Å². The first kappa shape index (κ1) is 34.4. The average Bonchev–Trinajstić information content (AvgIpc) is 2.92. The fourth-order valence-electron chi connectivity index (χ4n) is 5.92. The zero-order valence-electron chi connectivity index (χ0n) is 25.7. The number of hydrogen-bond donors (Lipinski definition) is 0. The summed E-state index contributed by atoms with van der Waals surface area (Å²) in [6, 6.07) is 11.0. The fraction of sp³-hybridized carbons (Fsp3) is 0.829. The summed E-state index contributed by atoms with van der Waals surface area (Å²) in [4.78, 5) is 0. The van der Waals surface area contributed by atoms with E-state index < -0.39 is 9.76 Å². The van der Waals surface area contributed by atoms with Crippen LogP contribution in [-0.4, -0.2) is 16.4 Å². The first-order valence-corrected chi connectivity index (χ1v) is 18.2. The molecule has 0 radical (unpaired) electrons. The molecule has 0 bridgehead atoms. The van der Waals surface area contributed by atoms with Gasteiger partial charge in [0, 0.05) is 6.61 Å². The molecule has 216 valence electrons. The van der Waals surface area contributed by atoms with Crippen LogP contribution in [0.25, 0.3) is 0 Å². The van der Waals surface area contributed by atoms with Gasteiger partial charge in [0.15, 0.2) is 9.76 Å². The maximum atomic E-state index is 6.65. The van der Waals surface area contributed by atoms with Crippen LogP contribution in [0, 0.1) is 5.41 Å². The summed E-state index contributed by atoms with van der Waals surface area (Å²) >= 11 is 0. The molecule has 0 saturated carbocycles. The predicted molar refractivity (Wildman–Crippen MR) is 171 cm³/mol. The Balaban J connectivity index is 2.65. The molecule has 1 nitrogen and oxygen atoms in total. The quantitative estimate of drug-likeness (QED) is 0.0773. The van der Waals surface area contributed by atoms with Gasteiger partial charge in [0.05, 0.1) is 0 Å². The maximum Gasteiger partial charge on any atom is 0.192 e. The van der Waals surface area contributed by atoms with Crippen molar-refractivity contribution in [2.45, 2.75) is 175 Å². The summed E-state index contributed by atoms with van der Waals surface area (Å²) in [5.74, 6) is 0. The lowest BCUT2D eigenvalue weighted by Crippen LogP contribution is -2.31. The molecule has 0 aliphatic carbocycles. The first-order valence-electron chi connectivity index (χ1n) is 16.9. The smallest absolute Gasteiger partial charge is 0.192 e. The van der Waals surface area contributed by atoms with Crippen LogP contribution in [0.4, 0.5) is 0 Å². The van der Waals surface area contributed by atoms with E-state index in [4.69, 9.17) is 4.43 Å². The Morgan fingerprint density at radius 3 is 1.22 bits per heavy atom. The summed E-state index contributed by atoms with van der Waals surface area (Å²) in [5, 5.41) is 1.46. The summed E-state index contributed by atoms with van der Waals surface area (Å²) in [5.41, 5.74) is 0.429. The molecule has 0 aliphatic heterocycles. The van der Waals surface area contributed by atoms with Crippen LogP contribution < -0.4 is 5.19 Å². The molecule has 0 atom stereocenters. The van der Waals surface area contributed by atoms with Crippen LogP contribution in [0.15, 0.2) is 30.3 Å². The molecule has 0 N–H and O–H groups in total. The second-order valence-electron chi connectivity index (χ2n) is 12.1.